The van der Waals surface area contributed by atoms with Gasteiger partial charge in [-0.3, -0.25) is 0 Å². The number of benzene rings is 3. The normalized spacial score (nSPS) is 11.8. The zero-order valence-corrected chi connectivity index (χ0v) is 48.9. The molecule has 1 radical (unpaired) electrons. The minimum atomic E-state index is -0.162. The summed E-state index contributed by atoms with van der Waals surface area (Å²) in [6.45, 7) is 49.4. The van der Waals surface area contributed by atoms with Gasteiger partial charge in [-0.2, -0.15) is 0 Å². The van der Waals surface area contributed by atoms with Crippen molar-refractivity contribution in [2.45, 2.75) is 186 Å². The fourth-order valence-electron chi connectivity index (χ4n) is 5.40. The van der Waals surface area contributed by atoms with Crippen molar-refractivity contribution >= 4 is 15.9 Å². The monoisotopic (exact) mass is 978 g/mol. The minimum absolute atomic E-state index is 0. The summed E-state index contributed by atoms with van der Waals surface area (Å²) in [6, 6.07) is 13.0. The van der Waals surface area contributed by atoms with Gasteiger partial charge in [0.1, 0.15) is 35.1 Å². The van der Waals surface area contributed by atoms with E-state index in [1.54, 1.807) is 0 Å². The van der Waals surface area contributed by atoms with Gasteiger partial charge < -0.3 is 35.8 Å². The van der Waals surface area contributed by atoms with Crippen LogP contribution in [0.1, 0.15) is 146 Å². The Bertz CT molecular complexity index is 1630. The van der Waals surface area contributed by atoms with Gasteiger partial charge >= 0.3 is 0 Å². The number of aryl methyl sites for hydroxylation is 9. The minimum Gasteiger partial charge on any atom is -0.491 e. The van der Waals surface area contributed by atoms with Gasteiger partial charge in [0, 0.05) is 35.0 Å². The molecule has 363 valence electrons. The Kier molecular flexibility index (Phi) is 29.3. The SMILES string of the molecule is CCC(C)(C)N(C)C.CCC(C)(C)Oc1c(C)cc(C)cc1C.Cc1cc(C)c(OC(C)(C)CBr)c(C)c1.Cc1cc(C)c(OCC(C)(C)N(C)C)c(C)c1.[CH2-]C(C)(C)N(C)C.[V]. The standard InChI is InChI=1S/C15H25NO.C14H22O.C13H19BrO.C7H17N.C6H14N.V/c1-11-8-12(2)14(13(3)9-11)17-10-15(4,5)16(6)7;1-7-14(5,6)15-13-11(3)8-10(2)9-12(13)4;1-9-6-10(2)12(11(3)7-9)15-13(4,5)8-14;1-6-7(2,3)8(4)5;1-6(2,3)7(4)5;/h8-9H,10H2,1-7H3;8-9H,7H2,1-6H3;6-7H,8H2,1-5H3;6H2,1-5H3;1H2,2-5H3;/q;;;;-1;. The summed E-state index contributed by atoms with van der Waals surface area (Å²) in [5.41, 5.74) is 11.5. The average Bonchev–Trinajstić information content (AvgIpc) is 3.11. The van der Waals surface area contributed by atoms with Crippen molar-refractivity contribution in [1.29, 1.82) is 0 Å². The van der Waals surface area contributed by atoms with Crippen LogP contribution in [0.4, 0.5) is 0 Å². The Balaban J connectivity index is -0.000000737. The van der Waals surface area contributed by atoms with E-state index in [1.807, 2.05) is 14.1 Å². The quantitative estimate of drug-likeness (QED) is 0.125. The molecule has 3 aromatic carbocycles. The van der Waals surface area contributed by atoms with Crippen LogP contribution in [0.3, 0.4) is 0 Å². The number of hydrogen-bond donors (Lipinski definition) is 0. The topological polar surface area (TPSA) is 37.4 Å². The molecule has 0 unspecified atom stereocenters. The third kappa shape index (κ3) is 25.5. The van der Waals surface area contributed by atoms with Gasteiger partial charge in [-0.25, -0.2) is 0 Å². The van der Waals surface area contributed by atoms with Crippen molar-refractivity contribution in [1.82, 2.24) is 14.7 Å². The molecule has 0 atom stereocenters. The van der Waals surface area contributed by atoms with Gasteiger partial charge in [0.15, 0.2) is 0 Å². The number of nitrogens with zero attached hydrogens (tertiary/aromatic N) is 3. The Morgan fingerprint density at radius 3 is 0.937 bits per heavy atom. The van der Waals surface area contributed by atoms with Crippen molar-refractivity contribution in [2.75, 3.05) is 54.2 Å². The Labute approximate surface area is 412 Å². The Morgan fingerprint density at radius 2 is 0.730 bits per heavy atom. The molecular formula is C55H97BrN3O3V-. The van der Waals surface area contributed by atoms with E-state index < -0.39 is 0 Å². The maximum absolute atomic E-state index is 6.07. The number of alkyl halides is 1. The van der Waals surface area contributed by atoms with Gasteiger partial charge in [-0.1, -0.05) is 96.7 Å². The summed E-state index contributed by atoms with van der Waals surface area (Å²) < 4.78 is 18.1. The van der Waals surface area contributed by atoms with Crippen molar-refractivity contribution in [3.63, 3.8) is 0 Å². The summed E-state index contributed by atoms with van der Waals surface area (Å²) in [7, 11) is 12.4. The largest absolute Gasteiger partial charge is 0.491 e. The van der Waals surface area contributed by atoms with Crippen LogP contribution in [0, 0.1) is 69.2 Å². The summed E-state index contributed by atoms with van der Waals surface area (Å²) in [6.07, 6.45) is 2.22. The molecule has 0 aliphatic rings. The summed E-state index contributed by atoms with van der Waals surface area (Å²) in [4.78, 5) is 6.51. The van der Waals surface area contributed by atoms with Crippen LogP contribution in [0.5, 0.6) is 17.2 Å². The van der Waals surface area contributed by atoms with Gasteiger partial charge in [0.25, 0.3) is 0 Å². The first-order chi connectivity index (χ1) is 27.9. The number of hydrogen-bond acceptors (Lipinski definition) is 6. The van der Waals surface area contributed by atoms with Crippen molar-refractivity contribution < 1.29 is 32.8 Å². The zero-order valence-electron chi connectivity index (χ0n) is 45.9. The summed E-state index contributed by atoms with van der Waals surface area (Å²) in [5, 5.41) is 0.826. The predicted octanol–water partition coefficient (Wildman–Crippen LogP) is 14.6. The number of halogens is 1. The Hall–Kier alpha value is -2.00. The fraction of sp³-hybridized carbons (Fsp3) is 0.655. The molecule has 0 spiro atoms. The molecule has 63 heavy (non-hydrogen) atoms. The smallest absolute Gasteiger partial charge is 0.125 e. The molecule has 3 aromatic rings. The fourth-order valence-corrected chi connectivity index (χ4v) is 5.51. The van der Waals surface area contributed by atoms with E-state index in [0.29, 0.717) is 12.1 Å². The van der Waals surface area contributed by atoms with Crippen LogP contribution in [0.2, 0.25) is 0 Å². The van der Waals surface area contributed by atoms with Crippen LogP contribution >= 0.6 is 15.9 Å². The van der Waals surface area contributed by atoms with Gasteiger partial charge in [-0.05, 0) is 206 Å². The molecule has 0 amide bonds. The first-order valence-corrected chi connectivity index (χ1v) is 23.7. The van der Waals surface area contributed by atoms with Crippen molar-refractivity contribution in [3.05, 3.63) is 93.4 Å². The Morgan fingerprint density at radius 1 is 0.460 bits per heavy atom. The second-order valence-corrected chi connectivity index (χ2v) is 21.7. The zero-order chi connectivity index (χ0) is 49.4. The molecule has 0 heterocycles. The second kappa shape index (κ2) is 28.2. The van der Waals surface area contributed by atoms with Crippen LogP contribution in [-0.4, -0.2) is 96.7 Å². The van der Waals surface area contributed by atoms with Crippen LogP contribution in [0.15, 0.2) is 36.4 Å². The van der Waals surface area contributed by atoms with E-state index in [0.717, 1.165) is 29.0 Å². The molecule has 0 aliphatic heterocycles. The van der Waals surface area contributed by atoms with E-state index in [2.05, 4.69) is 248 Å². The predicted molar refractivity (Wildman–Crippen MR) is 280 cm³/mol. The van der Waals surface area contributed by atoms with Crippen LogP contribution < -0.4 is 14.2 Å². The van der Waals surface area contributed by atoms with Crippen molar-refractivity contribution in [2.24, 2.45) is 0 Å². The van der Waals surface area contributed by atoms with Gasteiger partial charge in [0.2, 0.25) is 0 Å². The molecule has 0 saturated carbocycles. The summed E-state index contributed by atoms with van der Waals surface area (Å²) in [5.74, 6) is 3.10. The maximum Gasteiger partial charge on any atom is 0.125 e. The van der Waals surface area contributed by atoms with E-state index in [4.69, 9.17) is 14.2 Å². The maximum atomic E-state index is 6.07. The number of rotatable bonds is 13. The molecule has 3 rings (SSSR count). The third-order valence-electron chi connectivity index (χ3n) is 11.8. The molecule has 6 nitrogen and oxygen atoms in total. The van der Waals surface area contributed by atoms with Crippen LogP contribution in [-0.2, 0) is 18.6 Å². The molecule has 0 aliphatic carbocycles. The van der Waals surface area contributed by atoms with Crippen LogP contribution in [0.25, 0.3) is 0 Å². The first kappa shape index (κ1) is 65.3. The van der Waals surface area contributed by atoms with Gasteiger partial charge in [-0.15, -0.1) is 5.54 Å². The second-order valence-electron chi connectivity index (χ2n) is 21.2. The number of likely N-dealkylation sites (N-methyl/N-ethyl adjacent to an activating group) is 1. The molecule has 0 N–H and O–H groups in total. The van der Waals surface area contributed by atoms with Gasteiger partial charge in [0.05, 0.1) is 0 Å². The molecule has 8 heteroatoms. The molecular weight excluding hydrogens is 881 g/mol. The van der Waals surface area contributed by atoms with E-state index in [9.17, 15) is 0 Å². The average molecular weight is 979 g/mol. The first-order valence-electron chi connectivity index (χ1n) is 22.6. The third-order valence-corrected chi connectivity index (χ3v) is 13.2. The number of ether oxygens (including phenoxy) is 3. The van der Waals surface area contributed by atoms with Crippen molar-refractivity contribution in [3.8, 4) is 17.2 Å². The van der Waals surface area contributed by atoms with E-state index in [1.165, 1.54) is 56.5 Å². The molecule has 0 aromatic heterocycles. The molecule has 0 saturated heterocycles. The summed E-state index contributed by atoms with van der Waals surface area (Å²) >= 11 is 3.47. The molecule has 0 fully saturated rings. The molecule has 0 bridgehead atoms. The van der Waals surface area contributed by atoms with E-state index >= 15 is 0 Å². The van der Waals surface area contributed by atoms with E-state index in [-0.39, 0.29) is 40.8 Å².